The Bertz CT molecular complexity index is 364. The van der Waals surface area contributed by atoms with Crippen molar-refractivity contribution in [1.82, 2.24) is 10.3 Å². The second kappa shape index (κ2) is 6.13. The first-order chi connectivity index (χ1) is 8.68. The molecule has 0 unspecified atom stereocenters. The fourth-order valence-corrected chi connectivity index (χ4v) is 3.83. The van der Waals surface area contributed by atoms with Crippen molar-refractivity contribution in [3.63, 3.8) is 0 Å². The van der Waals surface area contributed by atoms with Crippen molar-refractivity contribution in [3.05, 3.63) is 15.6 Å². The third-order valence-electron chi connectivity index (χ3n) is 3.91. The van der Waals surface area contributed by atoms with Gasteiger partial charge in [-0.25, -0.2) is 4.98 Å². The highest BCUT2D eigenvalue weighted by molar-refractivity contribution is 7.11. The van der Waals surface area contributed by atoms with Gasteiger partial charge in [-0.1, -0.05) is 19.3 Å². The highest BCUT2D eigenvalue weighted by Gasteiger charge is 2.36. The molecule has 1 N–H and O–H groups in total. The minimum Gasteiger partial charge on any atom is -0.383 e. The average molecular weight is 268 g/mol. The molecule has 1 aliphatic carbocycles. The van der Waals surface area contributed by atoms with Crippen LogP contribution in [0.3, 0.4) is 0 Å². The number of nitrogens with one attached hydrogen (secondary N) is 1. The fourth-order valence-electron chi connectivity index (χ4n) is 2.69. The van der Waals surface area contributed by atoms with E-state index in [1.807, 2.05) is 11.3 Å². The molecule has 2 rings (SSSR count). The molecule has 0 amide bonds. The number of aryl methyl sites for hydroxylation is 2. The van der Waals surface area contributed by atoms with Gasteiger partial charge in [0, 0.05) is 18.5 Å². The Kier molecular flexibility index (Phi) is 4.76. The summed E-state index contributed by atoms with van der Waals surface area (Å²) < 4.78 is 5.16. The fraction of sp³-hybridized carbons (Fsp3) is 0.786. The van der Waals surface area contributed by atoms with Crippen LogP contribution >= 0.6 is 11.3 Å². The topological polar surface area (TPSA) is 34.1 Å². The van der Waals surface area contributed by atoms with E-state index in [0.717, 1.165) is 13.2 Å². The van der Waals surface area contributed by atoms with E-state index >= 15 is 0 Å². The highest BCUT2D eigenvalue weighted by Crippen LogP contribution is 2.39. The number of thiazole rings is 1. The maximum Gasteiger partial charge on any atom is 0.113 e. The lowest BCUT2D eigenvalue weighted by Crippen LogP contribution is -2.45. The second-order valence-corrected chi connectivity index (χ2v) is 6.43. The first-order valence-electron chi connectivity index (χ1n) is 6.86. The monoisotopic (exact) mass is 268 g/mol. The third-order valence-corrected chi connectivity index (χ3v) is 5.19. The molecule has 18 heavy (non-hydrogen) atoms. The minimum absolute atomic E-state index is 0.112. The molecule has 1 heterocycles. The summed E-state index contributed by atoms with van der Waals surface area (Å²) in [6, 6.07) is 0. The second-order valence-electron chi connectivity index (χ2n) is 5.22. The Morgan fingerprint density at radius 3 is 2.56 bits per heavy atom. The smallest absolute Gasteiger partial charge is 0.113 e. The van der Waals surface area contributed by atoms with Gasteiger partial charge < -0.3 is 10.1 Å². The SMILES string of the molecule is COCCNC1(c2nc(C)c(C)s2)CCCCC1. The van der Waals surface area contributed by atoms with Gasteiger partial charge in [0.25, 0.3) is 0 Å². The van der Waals surface area contributed by atoms with Crippen LogP contribution in [0.5, 0.6) is 0 Å². The number of nitrogens with zero attached hydrogens (tertiary/aromatic N) is 1. The molecule has 4 heteroatoms. The van der Waals surface area contributed by atoms with Crippen molar-refractivity contribution in [2.75, 3.05) is 20.3 Å². The van der Waals surface area contributed by atoms with Crippen molar-refractivity contribution in [2.45, 2.75) is 51.5 Å². The van der Waals surface area contributed by atoms with Gasteiger partial charge in [0.2, 0.25) is 0 Å². The molecular weight excluding hydrogens is 244 g/mol. The average Bonchev–Trinajstić information content (AvgIpc) is 2.72. The summed E-state index contributed by atoms with van der Waals surface area (Å²) in [7, 11) is 1.76. The number of methoxy groups -OCH3 is 1. The van der Waals surface area contributed by atoms with Crippen LogP contribution in [0.1, 0.15) is 47.7 Å². The van der Waals surface area contributed by atoms with Gasteiger partial charge in [-0.15, -0.1) is 11.3 Å². The van der Waals surface area contributed by atoms with Crippen LogP contribution in [0.4, 0.5) is 0 Å². The highest BCUT2D eigenvalue weighted by atomic mass is 32.1. The lowest BCUT2D eigenvalue weighted by molar-refractivity contribution is 0.166. The van der Waals surface area contributed by atoms with Gasteiger partial charge in [0.15, 0.2) is 0 Å². The van der Waals surface area contributed by atoms with E-state index in [1.165, 1.54) is 47.7 Å². The molecule has 1 aromatic rings. The molecule has 0 spiro atoms. The van der Waals surface area contributed by atoms with Crippen molar-refractivity contribution in [3.8, 4) is 0 Å². The summed E-state index contributed by atoms with van der Waals surface area (Å²) in [5.41, 5.74) is 1.30. The van der Waals surface area contributed by atoms with Crippen LogP contribution < -0.4 is 5.32 Å². The van der Waals surface area contributed by atoms with E-state index < -0.39 is 0 Å². The van der Waals surface area contributed by atoms with Gasteiger partial charge in [0.05, 0.1) is 17.8 Å². The van der Waals surface area contributed by atoms with Gasteiger partial charge in [-0.3, -0.25) is 0 Å². The van der Waals surface area contributed by atoms with E-state index in [-0.39, 0.29) is 5.54 Å². The first-order valence-corrected chi connectivity index (χ1v) is 7.68. The van der Waals surface area contributed by atoms with Gasteiger partial charge in [-0.2, -0.15) is 0 Å². The van der Waals surface area contributed by atoms with Gasteiger partial charge in [-0.05, 0) is 26.7 Å². The van der Waals surface area contributed by atoms with Crippen molar-refractivity contribution in [2.24, 2.45) is 0 Å². The number of hydrogen-bond acceptors (Lipinski definition) is 4. The largest absolute Gasteiger partial charge is 0.383 e. The predicted octanol–water partition coefficient (Wildman–Crippen LogP) is 3.16. The maximum absolute atomic E-state index is 5.16. The van der Waals surface area contributed by atoms with E-state index in [1.54, 1.807) is 7.11 Å². The molecule has 1 fully saturated rings. The molecule has 0 aliphatic heterocycles. The minimum atomic E-state index is 0.112. The Hall–Kier alpha value is -0.450. The van der Waals surface area contributed by atoms with Gasteiger partial charge in [0.1, 0.15) is 5.01 Å². The van der Waals surface area contributed by atoms with Crippen LogP contribution in [0, 0.1) is 13.8 Å². The lowest BCUT2D eigenvalue weighted by atomic mass is 9.82. The normalized spacial score (nSPS) is 19.1. The Balaban J connectivity index is 2.17. The molecule has 1 aromatic heterocycles. The summed E-state index contributed by atoms with van der Waals surface area (Å²) in [4.78, 5) is 6.15. The zero-order valence-electron chi connectivity index (χ0n) is 11.7. The molecule has 1 saturated carbocycles. The van der Waals surface area contributed by atoms with E-state index in [4.69, 9.17) is 9.72 Å². The van der Waals surface area contributed by atoms with E-state index in [0.29, 0.717) is 0 Å². The molecule has 0 radical (unpaired) electrons. The first kappa shape index (κ1) is 14.0. The molecular formula is C14H24N2OS. The summed E-state index contributed by atoms with van der Waals surface area (Å²) in [5.74, 6) is 0. The standard InChI is InChI=1S/C14H24N2OS/c1-11-12(2)18-13(16-11)14(15-9-10-17-3)7-5-4-6-8-14/h15H,4-10H2,1-3H3. The summed E-state index contributed by atoms with van der Waals surface area (Å²) in [5, 5.41) is 5.00. The van der Waals surface area contributed by atoms with Crippen molar-refractivity contribution in [1.29, 1.82) is 0 Å². The quantitative estimate of drug-likeness (QED) is 0.833. The molecule has 3 nitrogen and oxygen atoms in total. The van der Waals surface area contributed by atoms with Crippen molar-refractivity contribution < 1.29 is 4.74 Å². The number of ether oxygens (including phenoxy) is 1. The third kappa shape index (κ3) is 2.92. The predicted molar refractivity (Wildman–Crippen MR) is 76.2 cm³/mol. The zero-order valence-corrected chi connectivity index (χ0v) is 12.5. The zero-order chi connectivity index (χ0) is 13.0. The lowest BCUT2D eigenvalue weighted by Gasteiger charge is -2.36. The Morgan fingerprint density at radius 1 is 1.28 bits per heavy atom. The maximum atomic E-state index is 5.16. The van der Waals surface area contributed by atoms with E-state index in [2.05, 4.69) is 19.2 Å². The molecule has 0 bridgehead atoms. The number of rotatable bonds is 5. The molecule has 0 saturated heterocycles. The van der Waals surface area contributed by atoms with E-state index in [9.17, 15) is 0 Å². The van der Waals surface area contributed by atoms with Crippen LogP contribution in [-0.2, 0) is 10.3 Å². The van der Waals surface area contributed by atoms with Crippen LogP contribution in [0.15, 0.2) is 0 Å². The Morgan fingerprint density at radius 2 is 2.00 bits per heavy atom. The summed E-state index contributed by atoms with van der Waals surface area (Å²) in [6.45, 7) is 5.96. The van der Waals surface area contributed by atoms with Crippen LogP contribution in [-0.4, -0.2) is 25.2 Å². The number of hydrogen-bond donors (Lipinski definition) is 1. The molecule has 0 aromatic carbocycles. The summed E-state index contributed by atoms with van der Waals surface area (Å²) in [6.07, 6.45) is 6.39. The Labute approximate surface area is 114 Å². The van der Waals surface area contributed by atoms with Crippen molar-refractivity contribution >= 4 is 11.3 Å². The van der Waals surface area contributed by atoms with Gasteiger partial charge >= 0.3 is 0 Å². The molecule has 0 atom stereocenters. The molecule has 1 aliphatic rings. The van der Waals surface area contributed by atoms with Crippen LogP contribution in [0.2, 0.25) is 0 Å². The summed E-state index contributed by atoms with van der Waals surface area (Å²) >= 11 is 1.86. The molecule has 102 valence electrons. The van der Waals surface area contributed by atoms with Crippen LogP contribution in [0.25, 0.3) is 0 Å². The number of aromatic nitrogens is 1.